The molecular formula is C9H11LiS. The standard InChI is InChI=1S/C9H11S.Li/c1-2-10-8-9-6-4-3-5-7-9;/h3-6H,2,8H2,1H3;/q-1;+1. The van der Waals surface area contributed by atoms with Crippen molar-refractivity contribution >= 4 is 11.8 Å². The van der Waals surface area contributed by atoms with Gasteiger partial charge in [-0.1, -0.05) is 6.92 Å². The zero-order chi connectivity index (χ0) is 7.23. The van der Waals surface area contributed by atoms with Crippen LogP contribution in [0.25, 0.3) is 0 Å². The van der Waals surface area contributed by atoms with Crippen molar-refractivity contribution in [3.8, 4) is 0 Å². The first-order valence-electron chi connectivity index (χ1n) is 3.47. The molecule has 2 heteroatoms. The third kappa shape index (κ3) is 4.58. The fourth-order valence-electron chi connectivity index (χ4n) is 0.732. The van der Waals surface area contributed by atoms with Gasteiger partial charge in [0, 0.05) is 0 Å². The molecule has 54 valence electrons. The Morgan fingerprint density at radius 2 is 2.27 bits per heavy atom. The van der Waals surface area contributed by atoms with Crippen LogP contribution >= 0.6 is 11.8 Å². The van der Waals surface area contributed by atoms with Gasteiger partial charge in [0.05, 0.1) is 0 Å². The Morgan fingerprint density at radius 1 is 1.45 bits per heavy atom. The summed E-state index contributed by atoms with van der Waals surface area (Å²) in [5, 5.41) is 0. The van der Waals surface area contributed by atoms with Gasteiger partial charge in [-0.25, -0.2) is 0 Å². The first kappa shape index (κ1) is 11.2. The molecule has 0 aliphatic rings. The van der Waals surface area contributed by atoms with Crippen molar-refractivity contribution in [2.75, 3.05) is 5.75 Å². The molecule has 0 unspecified atom stereocenters. The number of hydrogen-bond donors (Lipinski definition) is 0. The zero-order valence-corrected chi connectivity index (χ0v) is 7.95. The average Bonchev–Trinajstić information content (AvgIpc) is 2.03. The number of hydrogen-bond acceptors (Lipinski definition) is 1. The van der Waals surface area contributed by atoms with Crippen LogP contribution in [0.3, 0.4) is 0 Å². The molecule has 11 heavy (non-hydrogen) atoms. The van der Waals surface area contributed by atoms with Gasteiger partial charge in [0.2, 0.25) is 0 Å². The van der Waals surface area contributed by atoms with Crippen LogP contribution in [-0.4, -0.2) is 5.75 Å². The Morgan fingerprint density at radius 3 is 2.82 bits per heavy atom. The van der Waals surface area contributed by atoms with Gasteiger partial charge in [0.25, 0.3) is 0 Å². The van der Waals surface area contributed by atoms with E-state index in [-0.39, 0.29) is 18.9 Å². The maximum atomic E-state index is 3.18. The van der Waals surface area contributed by atoms with Crippen LogP contribution in [0, 0.1) is 6.07 Å². The molecule has 0 aliphatic heterocycles. The molecule has 0 amide bonds. The Balaban J connectivity index is 0.000001000. The van der Waals surface area contributed by atoms with E-state index in [2.05, 4.69) is 25.1 Å². The van der Waals surface area contributed by atoms with Crippen molar-refractivity contribution in [1.29, 1.82) is 0 Å². The molecule has 0 aliphatic carbocycles. The van der Waals surface area contributed by atoms with E-state index >= 15 is 0 Å². The molecule has 0 heterocycles. The van der Waals surface area contributed by atoms with E-state index in [0.29, 0.717) is 0 Å². The van der Waals surface area contributed by atoms with E-state index in [1.165, 1.54) is 11.3 Å². The summed E-state index contributed by atoms with van der Waals surface area (Å²) >= 11 is 1.93. The Bertz CT molecular complexity index is 174. The second kappa shape index (κ2) is 6.85. The van der Waals surface area contributed by atoms with Crippen LogP contribution in [-0.2, 0) is 5.75 Å². The van der Waals surface area contributed by atoms with Crippen molar-refractivity contribution in [2.45, 2.75) is 12.7 Å². The summed E-state index contributed by atoms with van der Waals surface area (Å²) in [4.78, 5) is 0. The van der Waals surface area contributed by atoms with Crippen LogP contribution in [0.2, 0.25) is 0 Å². The molecule has 0 nitrogen and oxygen atoms in total. The van der Waals surface area contributed by atoms with Crippen molar-refractivity contribution in [1.82, 2.24) is 0 Å². The second-order valence-corrected chi connectivity index (χ2v) is 3.30. The molecule has 1 aromatic rings. The molecule has 1 aromatic carbocycles. The van der Waals surface area contributed by atoms with Crippen LogP contribution in [0.5, 0.6) is 0 Å². The van der Waals surface area contributed by atoms with Gasteiger partial charge in [-0.05, 0) is 11.5 Å². The SMILES string of the molecule is CCSCc1[c-]cccc1.[Li+]. The minimum atomic E-state index is 0. The average molecular weight is 158 g/mol. The Kier molecular flexibility index (Phi) is 6.96. The maximum absolute atomic E-state index is 3.18. The smallest absolute Gasteiger partial charge is 0.180 e. The van der Waals surface area contributed by atoms with E-state index in [0.717, 1.165) is 5.75 Å². The van der Waals surface area contributed by atoms with E-state index < -0.39 is 0 Å². The van der Waals surface area contributed by atoms with Crippen LogP contribution in [0.1, 0.15) is 12.5 Å². The molecule has 0 N–H and O–H groups in total. The van der Waals surface area contributed by atoms with E-state index in [1.807, 2.05) is 23.9 Å². The van der Waals surface area contributed by atoms with E-state index in [9.17, 15) is 0 Å². The third-order valence-electron chi connectivity index (χ3n) is 1.24. The second-order valence-electron chi connectivity index (χ2n) is 2.02. The molecule has 0 fully saturated rings. The van der Waals surface area contributed by atoms with Gasteiger partial charge < -0.3 is 0 Å². The van der Waals surface area contributed by atoms with E-state index in [4.69, 9.17) is 0 Å². The van der Waals surface area contributed by atoms with Crippen LogP contribution in [0.15, 0.2) is 24.3 Å². The predicted octanol–water partition coefficient (Wildman–Crippen LogP) is -0.256. The largest absolute Gasteiger partial charge is 1.00 e. The maximum Gasteiger partial charge on any atom is 1.00 e. The third-order valence-corrected chi connectivity index (χ3v) is 2.16. The fraction of sp³-hybridized carbons (Fsp3) is 0.333. The Labute approximate surface area is 84.9 Å². The molecule has 0 bridgehead atoms. The molecule has 0 saturated carbocycles. The van der Waals surface area contributed by atoms with Crippen molar-refractivity contribution in [3.63, 3.8) is 0 Å². The van der Waals surface area contributed by atoms with Crippen LogP contribution < -0.4 is 18.9 Å². The molecule has 1 rings (SSSR count). The monoisotopic (exact) mass is 158 g/mol. The van der Waals surface area contributed by atoms with Gasteiger partial charge in [-0.15, -0.1) is 0 Å². The van der Waals surface area contributed by atoms with E-state index in [1.54, 1.807) is 0 Å². The summed E-state index contributed by atoms with van der Waals surface area (Å²) < 4.78 is 0. The minimum Gasteiger partial charge on any atom is -0.180 e. The minimum absolute atomic E-state index is 0. The molecular weight excluding hydrogens is 147 g/mol. The summed E-state index contributed by atoms with van der Waals surface area (Å²) in [7, 11) is 0. The first-order valence-corrected chi connectivity index (χ1v) is 4.62. The zero-order valence-electron chi connectivity index (χ0n) is 7.13. The van der Waals surface area contributed by atoms with Crippen molar-refractivity contribution < 1.29 is 18.9 Å². The van der Waals surface area contributed by atoms with Gasteiger partial charge in [0.15, 0.2) is 0 Å². The summed E-state index contributed by atoms with van der Waals surface area (Å²) in [6.07, 6.45) is 0. The van der Waals surface area contributed by atoms with Gasteiger partial charge in [0.1, 0.15) is 0 Å². The van der Waals surface area contributed by atoms with Gasteiger partial charge in [-0.3, -0.25) is 0 Å². The quantitative estimate of drug-likeness (QED) is 0.431. The summed E-state index contributed by atoms with van der Waals surface area (Å²) in [6.45, 7) is 2.17. The number of rotatable bonds is 3. The topological polar surface area (TPSA) is 0 Å². The summed E-state index contributed by atoms with van der Waals surface area (Å²) in [5.41, 5.74) is 1.30. The summed E-state index contributed by atoms with van der Waals surface area (Å²) in [6, 6.07) is 11.3. The fourth-order valence-corrected chi connectivity index (χ4v) is 1.34. The van der Waals surface area contributed by atoms with Crippen molar-refractivity contribution in [3.05, 3.63) is 35.9 Å². The normalized spacial score (nSPS) is 8.82. The molecule has 0 saturated heterocycles. The van der Waals surface area contributed by atoms with Crippen molar-refractivity contribution in [2.24, 2.45) is 0 Å². The summed E-state index contributed by atoms with van der Waals surface area (Å²) in [5.74, 6) is 2.28. The number of benzene rings is 1. The number of thioether (sulfide) groups is 1. The molecule has 0 radical (unpaired) electrons. The first-order chi connectivity index (χ1) is 4.93. The molecule has 0 spiro atoms. The Hall–Kier alpha value is 0.167. The molecule has 0 aromatic heterocycles. The van der Waals surface area contributed by atoms with Gasteiger partial charge >= 0.3 is 18.9 Å². The van der Waals surface area contributed by atoms with Gasteiger partial charge in [-0.2, -0.15) is 47.7 Å². The van der Waals surface area contributed by atoms with Crippen LogP contribution in [0.4, 0.5) is 0 Å². The molecule has 0 atom stereocenters. The predicted molar refractivity (Wildman–Crippen MR) is 47.1 cm³/mol.